The minimum Gasteiger partial charge on any atom is -0.481 e. The number of rotatable bonds is 5. The predicted molar refractivity (Wildman–Crippen MR) is 72.0 cm³/mol. The van der Waals surface area contributed by atoms with Crippen molar-refractivity contribution < 1.29 is 9.90 Å². The monoisotopic (exact) mass is 278 g/mol. The molecule has 19 heavy (non-hydrogen) atoms. The Labute approximate surface area is 114 Å². The molecule has 2 aromatic rings. The predicted octanol–water partition coefficient (Wildman–Crippen LogP) is 2.10. The lowest BCUT2D eigenvalue weighted by Crippen LogP contribution is -2.07. The zero-order chi connectivity index (χ0) is 13.8. The van der Waals surface area contributed by atoms with Crippen LogP contribution in [0.15, 0.2) is 29.7 Å². The van der Waals surface area contributed by atoms with Crippen LogP contribution in [0.3, 0.4) is 0 Å². The molecule has 6 nitrogen and oxygen atoms in total. The molecule has 0 radical (unpaired) electrons. The number of nitrogens with zero attached hydrogens (tertiary/aromatic N) is 4. The number of carboxylic acid groups (broad SMARTS) is 1. The maximum absolute atomic E-state index is 10.6. The molecule has 0 fully saturated rings. The van der Waals surface area contributed by atoms with Crippen LogP contribution in [-0.2, 0) is 4.79 Å². The molecular weight excluding hydrogens is 264 g/mol. The van der Waals surface area contributed by atoms with Crippen LogP contribution in [-0.4, -0.2) is 36.6 Å². The van der Waals surface area contributed by atoms with Gasteiger partial charge in [0.2, 0.25) is 0 Å². The Bertz CT molecular complexity index is 568. The molecule has 2 heterocycles. The lowest BCUT2D eigenvalue weighted by molar-refractivity contribution is -0.133. The normalized spacial score (nSPS) is 10.9. The van der Waals surface area contributed by atoms with Gasteiger partial charge in [-0.1, -0.05) is 11.8 Å². The quantitative estimate of drug-likeness (QED) is 0.843. The van der Waals surface area contributed by atoms with Gasteiger partial charge in [-0.2, -0.15) is 0 Å². The Morgan fingerprint density at radius 2 is 2.26 bits per heavy atom. The third-order valence-corrected chi connectivity index (χ3v) is 3.35. The summed E-state index contributed by atoms with van der Waals surface area (Å²) in [6, 6.07) is 3.88. The van der Waals surface area contributed by atoms with Crippen molar-refractivity contribution in [1.29, 1.82) is 0 Å². The number of hydrogen-bond donors (Lipinski definition) is 1. The molecule has 1 N–H and O–H groups in total. The molecule has 0 spiro atoms. The van der Waals surface area contributed by atoms with Crippen LogP contribution in [0.2, 0.25) is 0 Å². The zero-order valence-corrected chi connectivity index (χ0v) is 11.5. The number of aliphatic carboxylic acids is 1. The number of aromatic nitrogens is 4. The molecule has 0 aromatic carbocycles. The summed E-state index contributed by atoms with van der Waals surface area (Å²) >= 11 is 1.17. The molecule has 0 saturated heterocycles. The third kappa shape index (κ3) is 3.11. The molecule has 0 aliphatic carbocycles. The van der Waals surface area contributed by atoms with Crippen molar-refractivity contribution >= 4 is 17.7 Å². The third-order valence-electron chi connectivity index (χ3n) is 2.43. The Hall–Kier alpha value is -1.89. The van der Waals surface area contributed by atoms with Crippen molar-refractivity contribution in [3.05, 3.63) is 24.5 Å². The molecule has 0 amide bonds. The minimum atomic E-state index is -0.869. The highest BCUT2D eigenvalue weighted by atomic mass is 32.2. The Balaban J connectivity index is 2.37. The number of thioether (sulfide) groups is 1. The molecule has 100 valence electrons. The molecule has 0 bridgehead atoms. The SMILES string of the molecule is CC(C)n1c(SCC(=O)O)nnc1-c1cccnc1. The number of carbonyl (C=O) groups is 1. The topological polar surface area (TPSA) is 80.9 Å². The van der Waals surface area contributed by atoms with Crippen LogP contribution < -0.4 is 0 Å². The summed E-state index contributed by atoms with van der Waals surface area (Å²) in [5.74, 6) is -0.194. The van der Waals surface area contributed by atoms with Gasteiger partial charge >= 0.3 is 5.97 Å². The fraction of sp³-hybridized carbons (Fsp3) is 0.333. The van der Waals surface area contributed by atoms with Gasteiger partial charge in [-0.25, -0.2) is 0 Å². The van der Waals surface area contributed by atoms with Crippen LogP contribution in [0.4, 0.5) is 0 Å². The summed E-state index contributed by atoms with van der Waals surface area (Å²) in [6.45, 7) is 4.02. The maximum Gasteiger partial charge on any atom is 0.313 e. The zero-order valence-electron chi connectivity index (χ0n) is 10.6. The first-order valence-electron chi connectivity index (χ1n) is 5.79. The van der Waals surface area contributed by atoms with Crippen molar-refractivity contribution in [2.45, 2.75) is 25.0 Å². The van der Waals surface area contributed by atoms with Gasteiger partial charge in [-0.3, -0.25) is 14.3 Å². The lowest BCUT2D eigenvalue weighted by atomic mass is 10.2. The molecule has 7 heteroatoms. The van der Waals surface area contributed by atoms with Gasteiger partial charge in [0.05, 0.1) is 5.75 Å². The van der Waals surface area contributed by atoms with Crippen molar-refractivity contribution in [2.24, 2.45) is 0 Å². The lowest BCUT2D eigenvalue weighted by Gasteiger charge is -2.13. The Kier molecular flexibility index (Phi) is 4.16. The smallest absolute Gasteiger partial charge is 0.313 e. The van der Waals surface area contributed by atoms with Crippen LogP contribution >= 0.6 is 11.8 Å². The summed E-state index contributed by atoms with van der Waals surface area (Å²) in [7, 11) is 0. The fourth-order valence-corrected chi connectivity index (χ4v) is 2.45. The van der Waals surface area contributed by atoms with E-state index in [0.717, 1.165) is 5.56 Å². The molecule has 2 rings (SSSR count). The first-order valence-corrected chi connectivity index (χ1v) is 6.78. The van der Waals surface area contributed by atoms with Gasteiger partial charge < -0.3 is 5.11 Å². The summed E-state index contributed by atoms with van der Waals surface area (Å²) < 4.78 is 1.92. The van der Waals surface area contributed by atoms with E-state index in [9.17, 15) is 4.79 Å². The number of pyridine rings is 1. The van der Waals surface area contributed by atoms with Crippen LogP contribution in [0, 0.1) is 0 Å². The van der Waals surface area contributed by atoms with E-state index in [-0.39, 0.29) is 11.8 Å². The average molecular weight is 278 g/mol. The molecule has 0 unspecified atom stereocenters. The van der Waals surface area contributed by atoms with E-state index < -0.39 is 5.97 Å². The second-order valence-corrected chi connectivity index (χ2v) is 5.14. The standard InChI is InChI=1S/C12H14N4O2S/c1-8(2)16-11(9-4-3-5-13-6-9)14-15-12(16)19-7-10(17)18/h3-6,8H,7H2,1-2H3,(H,17,18). The second kappa shape index (κ2) is 5.83. The van der Waals surface area contributed by atoms with Gasteiger partial charge in [-0.05, 0) is 26.0 Å². The van der Waals surface area contributed by atoms with Crippen molar-refractivity contribution in [3.63, 3.8) is 0 Å². The van der Waals surface area contributed by atoms with Gasteiger partial charge in [-0.15, -0.1) is 10.2 Å². The first-order chi connectivity index (χ1) is 9.09. The maximum atomic E-state index is 10.6. The average Bonchev–Trinajstić information content (AvgIpc) is 2.81. The van der Waals surface area contributed by atoms with Crippen molar-refractivity contribution in [2.75, 3.05) is 5.75 Å². The highest BCUT2D eigenvalue weighted by molar-refractivity contribution is 7.99. The van der Waals surface area contributed by atoms with Crippen molar-refractivity contribution in [3.8, 4) is 11.4 Å². The summed E-state index contributed by atoms with van der Waals surface area (Å²) in [5, 5.41) is 17.6. The van der Waals surface area contributed by atoms with E-state index in [4.69, 9.17) is 5.11 Å². The van der Waals surface area contributed by atoms with E-state index in [1.807, 2.05) is 30.5 Å². The highest BCUT2D eigenvalue weighted by Crippen LogP contribution is 2.26. The molecule has 0 aliphatic rings. The van der Waals surface area contributed by atoms with Gasteiger partial charge in [0, 0.05) is 24.0 Å². The molecule has 0 aliphatic heterocycles. The van der Waals surface area contributed by atoms with Gasteiger partial charge in [0.1, 0.15) is 0 Å². The molecule has 0 atom stereocenters. The van der Waals surface area contributed by atoms with E-state index in [0.29, 0.717) is 11.0 Å². The number of carboxylic acids is 1. The van der Waals surface area contributed by atoms with Gasteiger partial charge in [0.25, 0.3) is 0 Å². The van der Waals surface area contributed by atoms with Gasteiger partial charge in [0.15, 0.2) is 11.0 Å². The largest absolute Gasteiger partial charge is 0.481 e. The highest BCUT2D eigenvalue weighted by Gasteiger charge is 2.17. The van der Waals surface area contributed by atoms with E-state index >= 15 is 0 Å². The second-order valence-electron chi connectivity index (χ2n) is 4.19. The Morgan fingerprint density at radius 1 is 1.47 bits per heavy atom. The fourth-order valence-electron chi connectivity index (χ4n) is 1.66. The van der Waals surface area contributed by atoms with Crippen molar-refractivity contribution in [1.82, 2.24) is 19.7 Å². The van der Waals surface area contributed by atoms with Crippen LogP contribution in [0.1, 0.15) is 19.9 Å². The summed E-state index contributed by atoms with van der Waals surface area (Å²) in [4.78, 5) is 14.7. The molecular formula is C12H14N4O2S. The van der Waals surface area contributed by atoms with Crippen LogP contribution in [0.25, 0.3) is 11.4 Å². The molecule has 0 saturated carbocycles. The van der Waals surface area contributed by atoms with E-state index in [1.54, 1.807) is 12.4 Å². The summed E-state index contributed by atoms with van der Waals surface area (Å²) in [6.07, 6.45) is 3.41. The van der Waals surface area contributed by atoms with E-state index in [1.165, 1.54) is 11.8 Å². The van der Waals surface area contributed by atoms with Crippen LogP contribution in [0.5, 0.6) is 0 Å². The summed E-state index contributed by atoms with van der Waals surface area (Å²) in [5.41, 5.74) is 0.867. The minimum absolute atomic E-state index is 0.0299. The van der Waals surface area contributed by atoms with E-state index in [2.05, 4.69) is 15.2 Å². The number of hydrogen-bond acceptors (Lipinski definition) is 5. The Morgan fingerprint density at radius 3 is 2.84 bits per heavy atom. The molecule has 2 aromatic heterocycles. The first kappa shape index (κ1) is 13.5.